The lowest BCUT2D eigenvalue weighted by atomic mass is 10.4. The summed E-state index contributed by atoms with van der Waals surface area (Å²) in [6, 6.07) is 0. The van der Waals surface area contributed by atoms with Gasteiger partial charge < -0.3 is 14.8 Å². The van der Waals surface area contributed by atoms with Crippen LogP contribution in [0.25, 0.3) is 0 Å². The second kappa shape index (κ2) is 7.51. The summed E-state index contributed by atoms with van der Waals surface area (Å²) in [5.74, 6) is -0.619. The van der Waals surface area contributed by atoms with Crippen LogP contribution in [0.15, 0.2) is 0 Å². The highest BCUT2D eigenvalue weighted by Crippen LogP contribution is 2.28. The van der Waals surface area contributed by atoms with E-state index in [2.05, 4.69) is 26.1 Å². The zero-order chi connectivity index (χ0) is 16.9. The maximum atomic E-state index is 10.6. The van der Waals surface area contributed by atoms with Gasteiger partial charge in [0.15, 0.2) is 16.8 Å². The first-order valence-corrected chi connectivity index (χ1v) is 7.00. The molecule has 1 aromatic heterocycles. The Morgan fingerprint density at radius 2 is 2.09 bits per heavy atom. The van der Waals surface area contributed by atoms with Gasteiger partial charge in [0.2, 0.25) is 18.8 Å². The van der Waals surface area contributed by atoms with Crippen LogP contribution in [0.5, 0.6) is 0 Å². The highest BCUT2D eigenvalue weighted by Gasteiger charge is 2.32. The van der Waals surface area contributed by atoms with E-state index in [-0.39, 0.29) is 35.3 Å². The first-order valence-electron chi connectivity index (χ1n) is 6.62. The monoisotopic (exact) mass is 345 g/mol. The van der Waals surface area contributed by atoms with E-state index >= 15 is 0 Å². The van der Waals surface area contributed by atoms with E-state index in [4.69, 9.17) is 25.9 Å². The van der Waals surface area contributed by atoms with Crippen molar-refractivity contribution in [2.45, 2.75) is 25.7 Å². The molecule has 1 aromatic rings. The van der Waals surface area contributed by atoms with Crippen molar-refractivity contribution in [1.82, 2.24) is 9.97 Å². The summed E-state index contributed by atoms with van der Waals surface area (Å²) in [6.45, 7) is 4.15. The Bertz CT molecular complexity index is 585. The molecular weight excluding hydrogens is 330 g/mol. The minimum atomic E-state index is -0.655. The maximum Gasteiger partial charge on any atom is 0.232 e. The van der Waals surface area contributed by atoms with E-state index in [0.29, 0.717) is 19.4 Å². The Balaban J connectivity index is 2.02. The minimum absolute atomic E-state index is 0.0471. The lowest BCUT2D eigenvalue weighted by molar-refractivity contribution is -0.143. The second-order valence-corrected chi connectivity index (χ2v) is 5.31. The Labute approximate surface area is 136 Å². The summed E-state index contributed by atoms with van der Waals surface area (Å²) in [4.78, 5) is 34.2. The van der Waals surface area contributed by atoms with Crippen molar-refractivity contribution in [3.05, 3.63) is 5.15 Å². The van der Waals surface area contributed by atoms with E-state index in [0.717, 1.165) is 0 Å². The normalized spacial score (nSPS) is 19.2. The van der Waals surface area contributed by atoms with Gasteiger partial charge in [0.05, 0.1) is 6.61 Å². The fourth-order valence-corrected chi connectivity index (χ4v) is 2.08. The summed E-state index contributed by atoms with van der Waals surface area (Å²) >= 11 is 5.92. The highest BCUT2D eigenvalue weighted by molar-refractivity contribution is 6.33. The number of hydrogen-bond acceptors (Lipinski definition) is 8. The average Bonchev–Trinajstić information content (AvgIpc) is 2.82. The summed E-state index contributed by atoms with van der Waals surface area (Å²) < 4.78 is 11.0. The number of nitrogens with zero attached hydrogens (tertiary/aromatic N) is 2. The molecule has 0 aliphatic carbocycles. The number of aromatic nitrogens is 2. The van der Waals surface area contributed by atoms with Gasteiger partial charge in [-0.25, -0.2) is 5.48 Å². The third kappa shape index (κ3) is 4.73. The largest absolute Gasteiger partial charge is 0.348 e. The van der Waals surface area contributed by atoms with Gasteiger partial charge >= 0.3 is 0 Å². The molecule has 126 valence electrons. The molecule has 3 N–H and O–H groups in total. The molecule has 1 aliphatic rings. The van der Waals surface area contributed by atoms with Crippen molar-refractivity contribution in [2.24, 2.45) is 0 Å². The fraction of sp³-hybridized carbons (Fsp3) is 0.500. The lowest BCUT2D eigenvalue weighted by Crippen LogP contribution is -2.25. The number of anilines is 3. The van der Waals surface area contributed by atoms with Gasteiger partial charge in [0, 0.05) is 0 Å². The lowest BCUT2D eigenvalue weighted by Gasteiger charge is -2.17. The van der Waals surface area contributed by atoms with Gasteiger partial charge in [-0.05, 0) is 13.8 Å². The number of ether oxygens (including phenoxy) is 2. The summed E-state index contributed by atoms with van der Waals surface area (Å²) in [5, 5.41) is 4.54. The summed E-state index contributed by atoms with van der Waals surface area (Å²) in [7, 11) is 0. The standard InChI is InChI=1S/C12H16ClN5O5/c1-12(2)21-3-7(23-12)4-22-18-10-8(14-5-19)9(13)16-11(17-10)15-6-20/h5-7H,3-4H2,1-2H3,(H,14,19)(H2,15,16,17,18,20). The third-order valence-electron chi connectivity index (χ3n) is 2.76. The zero-order valence-electron chi connectivity index (χ0n) is 12.5. The fourth-order valence-electron chi connectivity index (χ4n) is 1.86. The zero-order valence-corrected chi connectivity index (χ0v) is 13.2. The van der Waals surface area contributed by atoms with E-state index in [1.807, 2.05) is 0 Å². The number of nitrogens with one attached hydrogen (secondary N) is 3. The van der Waals surface area contributed by atoms with Gasteiger partial charge in [-0.3, -0.25) is 19.7 Å². The van der Waals surface area contributed by atoms with Crippen molar-refractivity contribution < 1.29 is 23.9 Å². The van der Waals surface area contributed by atoms with Gasteiger partial charge in [0.25, 0.3) is 0 Å². The van der Waals surface area contributed by atoms with Crippen molar-refractivity contribution >= 4 is 41.9 Å². The van der Waals surface area contributed by atoms with E-state index < -0.39 is 5.79 Å². The molecule has 1 atom stereocenters. The molecule has 11 heteroatoms. The van der Waals surface area contributed by atoms with Gasteiger partial charge in [0.1, 0.15) is 18.4 Å². The number of carbonyl (C=O) groups is 2. The first-order chi connectivity index (χ1) is 10.9. The number of carbonyl (C=O) groups excluding carboxylic acids is 2. The number of rotatable bonds is 8. The average molecular weight is 346 g/mol. The molecule has 1 saturated heterocycles. The van der Waals surface area contributed by atoms with Gasteiger partial charge in [-0.2, -0.15) is 9.97 Å². The van der Waals surface area contributed by atoms with E-state index in [1.54, 1.807) is 13.8 Å². The Morgan fingerprint density at radius 3 is 2.70 bits per heavy atom. The Morgan fingerprint density at radius 1 is 1.35 bits per heavy atom. The highest BCUT2D eigenvalue weighted by atomic mass is 35.5. The molecule has 1 fully saturated rings. The number of amides is 2. The predicted molar refractivity (Wildman–Crippen MR) is 80.9 cm³/mol. The molecule has 2 amide bonds. The molecule has 2 heterocycles. The van der Waals surface area contributed by atoms with E-state index in [9.17, 15) is 9.59 Å². The molecule has 10 nitrogen and oxygen atoms in total. The van der Waals surface area contributed by atoms with Crippen LogP contribution < -0.4 is 16.1 Å². The van der Waals surface area contributed by atoms with Crippen LogP contribution in [0.2, 0.25) is 5.15 Å². The van der Waals surface area contributed by atoms with Crippen LogP contribution in [-0.2, 0) is 23.9 Å². The van der Waals surface area contributed by atoms with Gasteiger partial charge in [-0.15, -0.1) is 0 Å². The minimum Gasteiger partial charge on any atom is -0.348 e. The molecule has 0 bridgehead atoms. The molecule has 23 heavy (non-hydrogen) atoms. The summed E-state index contributed by atoms with van der Waals surface area (Å²) in [5.41, 5.74) is 2.66. The Kier molecular flexibility index (Phi) is 5.66. The first kappa shape index (κ1) is 17.3. The van der Waals surface area contributed by atoms with E-state index in [1.165, 1.54) is 0 Å². The number of halogens is 1. The quantitative estimate of drug-likeness (QED) is 0.358. The smallest absolute Gasteiger partial charge is 0.232 e. The molecule has 0 saturated carbocycles. The molecular formula is C12H16ClN5O5. The second-order valence-electron chi connectivity index (χ2n) is 4.95. The van der Waals surface area contributed by atoms with Crippen LogP contribution in [-0.4, -0.2) is 47.9 Å². The predicted octanol–water partition coefficient (Wildman–Crippen LogP) is 0.762. The SMILES string of the molecule is CC1(C)OCC(CONc2nc(NC=O)nc(Cl)c2NC=O)O1. The van der Waals surface area contributed by atoms with Crippen molar-refractivity contribution in [3.63, 3.8) is 0 Å². The van der Waals surface area contributed by atoms with Crippen LogP contribution in [0.3, 0.4) is 0 Å². The van der Waals surface area contributed by atoms with Crippen LogP contribution in [0.4, 0.5) is 17.5 Å². The van der Waals surface area contributed by atoms with Gasteiger partial charge in [-0.1, -0.05) is 11.6 Å². The molecule has 1 aliphatic heterocycles. The molecule has 1 unspecified atom stereocenters. The molecule has 0 spiro atoms. The van der Waals surface area contributed by atoms with Crippen molar-refractivity contribution in [1.29, 1.82) is 0 Å². The molecule has 2 rings (SSSR count). The Hall–Kier alpha value is -2.01. The number of hydrogen-bond donors (Lipinski definition) is 3. The topological polar surface area (TPSA) is 124 Å². The third-order valence-corrected chi connectivity index (χ3v) is 3.04. The molecule has 0 radical (unpaired) electrons. The van der Waals surface area contributed by atoms with Crippen LogP contribution in [0, 0.1) is 0 Å². The van der Waals surface area contributed by atoms with Crippen molar-refractivity contribution in [2.75, 3.05) is 29.3 Å². The molecule has 0 aromatic carbocycles. The van der Waals surface area contributed by atoms with Crippen molar-refractivity contribution in [3.8, 4) is 0 Å². The van der Waals surface area contributed by atoms with Crippen LogP contribution >= 0.6 is 11.6 Å². The summed E-state index contributed by atoms with van der Waals surface area (Å²) in [6.07, 6.45) is 0.554. The maximum absolute atomic E-state index is 10.6. The van der Waals surface area contributed by atoms with Crippen LogP contribution in [0.1, 0.15) is 13.8 Å².